The van der Waals surface area contributed by atoms with Crippen LogP contribution < -0.4 is 0 Å². The number of fused-ring (bicyclic) bond motifs is 1. The maximum Gasteiger partial charge on any atom is 0.337 e. The number of aromatic nitrogens is 1. The zero-order valence-electron chi connectivity index (χ0n) is 10.3. The molecule has 4 nitrogen and oxygen atoms in total. The van der Waals surface area contributed by atoms with E-state index in [-0.39, 0.29) is 11.3 Å². The Morgan fingerprint density at radius 1 is 1.21 bits per heavy atom. The van der Waals surface area contributed by atoms with Crippen molar-refractivity contribution in [3.63, 3.8) is 0 Å². The van der Waals surface area contributed by atoms with E-state index in [1.54, 1.807) is 6.07 Å². The van der Waals surface area contributed by atoms with E-state index in [1.807, 2.05) is 18.2 Å². The molecule has 19 heavy (non-hydrogen) atoms. The van der Waals surface area contributed by atoms with Crippen molar-refractivity contribution in [3.8, 4) is 11.3 Å². The molecule has 0 amide bonds. The molecule has 0 saturated heterocycles. The average Bonchev–Trinajstić information content (AvgIpc) is 2.89. The minimum atomic E-state index is -0.962. The summed E-state index contributed by atoms with van der Waals surface area (Å²) in [4.78, 5) is 25.7. The highest BCUT2D eigenvalue weighted by atomic mass is 16.4. The van der Waals surface area contributed by atoms with Gasteiger partial charge in [-0.1, -0.05) is 12.1 Å². The predicted molar refractivity (Wildman–Crippen MR) is 70.5 cm³/mol. The number of carbonyl (C=O) groups is 2. The van der Waals surface area contributed by atoms with Crippen LogP contribution >= 0.6 is 0 Å². The van der Waals surface area contributed by atoms with Gasteiger partial charge < -0.3 is 10.1 Å². The van der Waals surface area contributed by atoms with E-state index in [9.17, 15) is 9.59 Å². The second-order valence-electron chi connectivity index (χ2n) is 4.76. The Hall–Kier alpha value is -2.36. The summed E-state index contributed by atoms with van der Waals surface area (Å²) in [6.07, 6.45) is 3.91. The number of hydrogen-bond donors (Lipinski definition) is 2. The molecule has 1 aromatic carbocycles. The number of carboxylic acid groups (broad SMARTS) is 1. The second-order valence-corrected chi connectivity index (χ2v) is 4.76. The van der Waals surface area contributed by atoms with Gasteiger partial charge in [0.05, 0.1) is 5.56 Å². The highest BCUT2D eigenvalue weighted by molar-refractivity contribution is 5.99. The fourth-order valence-corrected chi connectivity index (χ4v) is 2.48. The van der Waals surface area contributed by atoms with Crippen LogP contribution in [0, 0.1) is 0 Å². The SMILES string of the molecule is O=C(O)c1c[nH]c(-c2ccc3c(c2)C(=O)CCC3)c1. The van der Waals surface area contributed by atoms with Gasteiger partial charge in [0, 0.05) is 23.9 Å². The van der Waals surface area contributed by atoms with Crippen molar-refractivity contribution in [2.75, 3.05) is 0 Å². The van der Waals surface area contributed by atoms with Gasteiger partial charge in [-0.25, -0.2) is 4.79 Å². The van der Waals surface area contributed by atoms with Crippen LogP contribution in [0.3, 0.4) is 0 Å². The Kier molecular flexibility index (Phi) is 2.71. The Labute approximate surface area is 110 Å². The van der Waals surface area contributed by atoms with E-state index in [0.29, 0.717) is 6.42 Å². The predicted octanol–water partition coefficient (Wildman–Crippen LogP) is 2.90. The van der Waals surface area contributed by atoms with Gasteiger partial charge in [0.25, 0.3) is 0 Å². The van der Waals surface area contributed by atoms with Crippen LogP contribution in [0.15, 0.2) is 30.5 Å². The molecule has 1 aliphatic carbocycles. The van der Waals surface area contributed by atoms with Crippen LogP contribution in [0.1, 0.15) is 39.1 Å². The van der Waals surface area contributed by atoms with Gasteiger partial charge in [-0.2, -0.15) is 0 Å². The van der Waals surface area contributed by atoms with Gasteiger partial charge in [-0.05, 0) is 36.1 Å². The number of carbonyl (C=O) groups excluding carboxylic acids is 1. The summed E-state index contributed by atoms with van der Waals surface area (Å²) in [7, 11) is 0. The molecule has 3 rings (SSSR count). The maximum atomic E-state index is 11.9. The highest BCUT2D eigenvalue weighted by Crippen LogP contribution is 2.27. The lowest BCUT2D eigenvalue weighted by atomic mass is 9.89. The lowest BCUT2D eigenvalue weighted by molar-refractivity contribution is 0.0697. The first-order valence-corrected chi connectivity index (χ1v) is 6.23. The summed E-state index contributed by atoms with van der Waals surface area (Å²) >= 11 is 0. The highest BCUT2D eigenvalue weighted by Gasteiger charge is 2.18. The summed E-state index contributed by atoms with van der Waals surface area (Å²) < 4.78 is 0. The minimum Gasteiger partial charge on any atom is -0.478 e. The van der Waals surface area contributed by atoms with E-state index >= 15 is 0 Å². The van der Waals surface area contributed by atoms with Gasteiger partial charge in [0.15, 0.2) is 5.78 Å². The number of benzene rings is 1. The van der Waals surface area contributed by atoms with E-state index < -0.39 is 5.97 Å². The molecular weight excluding hydrogens is 242 g/mol. The van der Waals surface area contributed by atoms with Crippen molar-refractivity contribution >= 4 is 11.8 Å². The van der Waals surface area contributed by atoms with Crippen molar-refractivity contribution in [2.45, 2.75) is 19.3 Å². The van der Waals surface area contributed by atoms with Crippen LogP contribution in [-0.2, 0) is 6.42 Å². The average molecular weight is 255 g/mol. The van der Waals surface area contributed by atoms with Gasteiger partial charge in [0.1, 0.15) is 0 Å². The number of carboxylic acids is 1. The molecule has 0 unspecified atom stereocenters. The van der Waals surface area contributed by atoms with Gasteiger partial charge >= 0.3 is 5.97 Å². The Bertz CT molecular complexity index is 670. The normalized spacial score (nSPS) is 14.2. The lowest BCUT2D eigenvalue weighted by Crippen LogP contribution is -2.10. The lowest BCUT2D eigenvalue weighted by Gasteiger charge is -2.15. The van der Waals surface area contributed by atoms with Crippen LogP contribution in [0.5, 0.6) is 0 Å². The fraction of sp³-hybridized carbons (Fsp3) is 0.200. The Morgan fingerprint density at radius 2 is 2.05 bits per heavy atom. The molecule has 0 radical (unpaired) electrons. The number of H-pyrrole nitrogens is 1. The monoisotopic (exact) mass is 255 g/mol. The first kappa shape index (κ1) is 11.7. The topological polar surface area (TPSA) is 70.2 Å². The third kappa shape index (κ3) is 2.05. The number of aromatic carboxylic acids is 1. The first-order valence-electron chi connectivity index (χ1n) is 6.23. The quantitative estimate of drug-likeness (QED) is 0.866. The molecule has 0 aliphatic heterocycles. The Morgan fingerprint density at radius 3 is 2.79 bits per heavy atom. The zero-order valence-corrected chi connectivity index (χ0v) is 10.3. The molecule has 2 N–H and O–H groups in total. The molecule has 1 aromatic heterocycles. The summed E-state index contributed by atoms with van der Waals surface area (Å²) in [5.74, 6) is -0.787. The molecule has 0 fully saturated rings. The van der Waals surface area contributed by atoms with Crippen molar-refractivity contribution in [3.05, 3.63) is 47.2 Å². The molecule has 0 atom stereocenters. The molecule has 0 saturated carbocycles. The van der Waals surface area contributed by atoms with Crippen LogP contribution in [-0.4, -0.2) is 21.8 Å². The maximum absolute atomic E-state index is 11.9. The van der Waals surface area contributed by atoms with Crippen LogP contribution in [0.4, 0.5) is 0 Å². The summed E-state index contributed by atoms with van der Waals surface area (Å²) in [5.41, 5.74) is 3.65. The largest absolute Gasteiger partial charge is 0.478 e. The van der Waals surface area contributed by atoms with Crippen LogP contribution in [0.25, 0.3) is 11.3 Å². The zero-order chi connectivity index (χ0) is 13.4. The molecular formula is C15H13NO3. The molecule has 4 heteroatoms. The minimum absolute atomic E-state index is 0.174. The third-order valence-electron chi connectivity index (χ3n) is 3.50. The van der Waals surface area contributed by atoms with Crippen molar-refractivity contribution in [1.29, 1.82) is 0 Å². The van der Waals surface area contributed by atoms with E-state index in [1.165, 1.54) is 6.20 Å². The summed E-state index contributed by atoms with van der Waals surface area (Å²) in [6, 6.07) is 7.32. The molecule has 0 bridgehead atoms. The third-order valence-corrected chi connectivity index (χ3v) is 3.50. The smallest absolute Gasteiger partial charge is 0.337 e. The van der Waals surface area contributed by atoms with E-state index in [0.717, 1.165) is 35.2 Å². The standard InChI is InChI=1S/C15H13NO3/c17-14-3-1-2-9-4-5-10(6-12(9)14)13-7-11(8-16-13)15(18)19/h4-8,16H,1-3H2,(H,18,19). The number of aryl methyl sites for hydroxylation is 1. The number of nitrogens with one attached hydrogen (secondary N) is 1. The molecule has 1 aliphatic rings. The van der Waals surface area contributed by atoms with E-state index in [4.69, 9.17) is 5.11 Å². The van der Waals surface area contributed by atoms with Crippen molar-refractivity contribution in [2.24, 2.45) is 0 Å². The van der Waals surface area contributed by atoms with Crippen LogP contribution in [0.2, 0.25) is 0 Å². The number of Topliss-reactive ketones (excluding diaryl/α,β-unsaturated/α-hetero) is 1. The summed E-state index contributed by atoms with van der Waals surface area (Å²) in [5, 5.41) is 8.91. The molecule has 1 heterocycles. The molecule has 96 valence electrons. The molecule has 0 spiro atoms. The van der Waals surface area contributed by atoms with Crippen molar-refractivity contribution in [1.82, 2.24) is 4.98 Å². The summed E-state index contributed by atoms with van der Waals surface area (Å²) in [6.45, 7) is 0. The van der Waals surface area contributed by atoms with E-state index in [2.05, 4.69) is 4.98 Å². The van der Waals surface area contributed by atoms with Gasteiger partial charge in [-0.15, -0.1) is 0 Å². The van der Waals surface area contributed by atoms with Gasteiger partial charge in [0.2, 0.25) is 0 Å². The first-order chi connectivity index (χ1) is 9.15. The second kappa shape index (κ2) is 4.39. The van der Waals surface area contributed by atoms with Crippen molar-refractivity contribution < 1.29 is 14.7 Å². The Balaban J connectivity index is 2.03. The number of aromatic amines is 1. The number of ketones is 1. The number of rotatable bonds is 2. The fourth-order valence-electron chi connectivity index (χ4n) is 2.48. The number of hydrogen-bond acceptors (Lipinski definition) is 2. The van der Waals surface area contributed by atoms with Gasteiger partial charge in [-0.3, -0.25) is 4.79 Å². The molecule has 2 aromatic rings.